The summed E-state index contributed by atoms with van der Waals surface area (Å²) in [6.07, 6.45) is -0.838. The fraction of sp³-hybridized carbons (Fsp3) is 0.333. The van der Waals surface area contributed by atoms with E-state index in [1.807, 2.05) is 0 Å². The molecule has 5 nitrogen and oxygen atoms in total. The number of benzene rings is 1. The zero-order valence-corrected chi connectivity index (χ0v) is 7.80. The highest BCUT2D eigenvalue weighted by Gasteiger charge is 2.13. The van der Waals surface area contributed by atoms with E-state index in [-0.39, 0.29) is 12.2 Å². The molecule has 0 fully saturated rings. The van der Waals surface area contributed by atoms with Crippen LogP contribution in [-0.2, 0) is 0 Å². The maximum absolute atomic E-state index is 10.5. The molecular formula is C9H12N2O3. The van der Waals surface area contributed by atoms with Gasteiger partial charge in [0.1, 0.15) is 0 Å². The van der Waals surface area contributed by atoms with Crippen molar-refractivity contribution >= 4 is 5.69 Å². The Balaban J connectivity index is 3.14. The Kier molecular flexibility index (Phi) is 3.16. The summed E-state index contributed by atoms with van der Waals surface area (Å²) in [5.74, 6) is 0. The predicted octanol–water partition coefficient (Wildman–Crippen LogP) is 0.895. The number of nitro benzene ring substituents is 1. The van der Waals surface area contributed by atoms with Crippen molar-refractivity contribution in [2.75, 3.05) is 6.54 Å². The van der Waals surface area contributed by atoms with E-state index in [0.717, 1.165) is 5.56 Å². The van der Waals surface area contributed by atoms with Gasteiger partial charge in [-0.05, 0) is 18.1 Å². The van der Waals surface area contributed by atoms with Crippen LogP contribution in [0.15, 0.2) is 18.2 Å². The molecule has 1 atom stereocenters. The number of aliphatic hydroxyl groups excluding tert-OH is 1. The van der Waals surface area contributed by atoms with E-state index >= 15 is 0 Å². The molecule has 0 unspecified atom stereocenters. The summed E-state index contributed by atoms with van der Waals surface area (Å²) in [5.41, 5.74) is 6.56. The number of nitro groups is 1. The molecule has 0 saturated heterocycles. The van der Waals surface area contributed by atoms with Gasteiger partial charge in [0, 0.05) is 18.7 Å². The molecule has 0 aliphatic rings. The van der Waals surface area contributed by atoms with Gasteiger partial charge in [-0.3, -0.25) is 10.1 Å². The average Bonchev–Trinajstić information content (AvgIpc) is 2.17. The molecule has 0 aliphatic heterocycles. The summed E-state index contributed by atoms with van der Waals surface area (Å²) in [5, 5.41) is 19.9. The second-order valence-corrected chi connectivity index (χ2v) is 3.05. The van der Waals surface area contributed by atoms with E-state index in [4.69, 9.17) is 5.73 Å². The Morgan fingerprint density at radius 3 is 2.79 bits per heavy atom. The van der Waals surface area contributed by atoms with Gasteiger partial charge in [0.05, 0.1) is 11.0 Å². The first-order valence-electron chi connectivity index (χ1n) is 4.19. The number of aryl methyl sites for hydroxylation is 1. The maximum Gasteiger partial charge on any atom is 0.269 e. The number of nitrogens with two attached hydrogens (primary N) is 1. The normalized spacial score (nSPS) is 12.5. The molecule has 3 N–H and O–H groups in total. The molecule has 1 aromatic carbocycles. The lowest BCUT2D eigenvalue weighted by atomic mass is 10.0. The Morgan fingerprint density at radius 2 is 2.29 bits per heavy atom. The van der Waals surface area contributed by atoms with Crippen molar-refractivity contribution in [3.8, 4) is 0 Å². The third-order valence-corrected chi connectivity index (χ3v) is 2.06. The van der Waals surface area contributed by atoms with Gasteiger partial charge in [-0.2, -0.15) is 0 Å². The molecule has 0 aliphatic carbocycles. The highest BCUT2D eigenvalue weighted by Crippen LogP contribution is 2.22. The summed E-state index contributed by atoms with van der Waals surface area (Å²) in [4.78, 5) is 9.97. The van der Waals surface area contributed by atoms with Gasteiger partial charge in [-0.25, -0.2) is 0 Å². The minimum absolute atomic E-state index is 0.0295. The molecule has 1 aromatic rings. The van der Waals surface area contributed by atoms with Crippen molar-refractivity contribution in [3.05, 3.63) is 39.4 Å². The van der Waals surface area contributed by atoms with Gasteiger partial charge in [-0.15, -0.1) is 0 Å². The van der Waals surface area contributed by atoms with E-state index in [9.17, 15) is 15.2 Å². The second-order valence-electron chi connectivity index (χ2n) is 3.05. The monoisotopic (exact) mass is 196 g/mol. The molecule has 5 heteroatoms. The molecule has 0 aromatic heterocycles. The highest BCUT2D eigenvalue weighted by atomic mass is 16.6. The van der Waals surface area contributed by atoms with Crippen molar-refractivity contribution in [3.63, 3.8) is 0 Å². The number of nitrogens with zero attached hydrogens (tertiary/aromatic N) is 1. The van der Waals surface area contributed by atoms with Crippen LogP contribution in [-0.4, -0.2) is 16.6 Å². The largest absolute Gasteiger partial charge is 0.387 e. The van der Waals surface area contributed by atoms with Crippen LogP contribution in [0.2, 0.25) is 0 Å². The highest BCUT2D eigenvalue weighted by molar-refractivity contribution is 5.40. The van der Waals surface area contributed by atoms with Crippen molar-refractivity contribution in [1.29, 1.82) is 0 Å². The molecule has 0 heterocycles. The van der Waals surface area contributed by atoms with Gasteiger partial charge >= 0.3 is 0 Å². The molecule has 76 valence electrons. The lowest BCUT2D eigenvalue weighted by Crippen LogP contribution is -2.12. The third kappa shape index (κ3) is 2.07. The lowest BCUT2D eigenvalue weighted by molar-refractivity contribution is -0.385. The molecule has 0 amide bonds. The summed E-state index contributed by atoms with van der Waals surface area (Å²) >= 11 is 0. The van der Waals surface area contributed by atoms with Crippen LogP contribution in [0.5, 0.6) is 0 Å². The minimum Gasteiger partial charge on any atom is -0.387 e. The maximum atomic E-state index is 10.5. The zero-order valence-electron chi connectivity index (χ0n) is 7.80. The van der Waals surface area contributed by atoms with Gasteiger partial charge in [0.2, 0.25) is 0 Å². The first kappa shape index (κ1) is 10.6. The molecule has 0 spiro atoms. The van der Waals surface area contributed by atoms with Crippen molar-refractivity contribution in [2.45, 2.75) is 13.0 Å². The third-order valence-electron chi connectivity index (χ3n) is 2.06. The summed E-state index contributed by atoms with van der Waals surface area (Å²) in [7, 11) is 0. The van der Waals surface area contributed by atoms with Crippen molar-refractivity contribution in [1.82, 2.24) is 0 Å². The number of non-ortho nitro benzene ring substituents is 1. The Hall–Kier alpha value is -1.46. The zero-order chi connectivity index (χ0) is 10.7. The fourth-order valence-electron chi connectivity index (χ4n) is 1.23. The lowest BCUT2D eigenvalue weighted by Gasteiger charge is -2.10. The van der Waals surface area contributed by atoms with Gasteiger partial charge in [0.15, 0.2) is 0 Å². The Morgan fingerprint density at radius 1 is 1.64 bits per heavy atom. The SMILES string of the molecule is Cc1ccc([N+](=O)[O-])cc1[C@@H](O)CN. The molecule has 14 heavy (non-hydrogen) atoms. The van der Waals surface area contributed by atoms with Gasteiger partial charge in [-0.1, -0.05) is 6.07 Å². The fourth-order valence-corrected chi connectivity index (χ4v) is 1.23. The summed E-state index contributed by atoms with van der Waals surface area (Å²) in [6.45, 7) is 1.83. The number of rotatable bonds is 3. The first-order chi connectivity index (χ1) is 6.56. The van der Waals surface area contributed by atoms with E-state index in [1.54, 1.807) is 13.0 Å². The molecule has 0 bridgehead atoms. The van der Waals surface area contributed by atoms with Crippen LogP contribution in [0, 0.1) is 17.0 Å². The average molecular weight is 196 g/mol. The quantitative estimate of drug-likeness (QED) is 0.555. The minimum atomic E-state index is -0.838. The van der Waals surface area contributed by atoms with Crippen LogP contribution in [0.25, 0.3) is 0 Å². The second kappa shape index (κ2) is 4.17. The number of hydrogen-bond acceptors (Lipinski definition) is 4. The Bertz CT molecular complexity index is 352. The van der Waals surface area contributed by atoms with Crippen molar-refractivity contribution < 1.29 is 10.0 Å². The van der Waals surface area contributed by atoms with E-state index in [2.05, 4.69) is 0 Å². The van der Waals surface area contributed by atoms with Gasteiger partial charge in [0.25, 0.3) is 5.69 Å². The molecule has 0 radical (unpaired) electrons. The number of hydrogen-bond donors (Lipinski definition) is 2. The smallest absolute Gasteiger partial charge is 0.269 e. The van der Waals surface area contributed by atoms with Crippen LogP contribution in [0.4, 0.5) is 5.69 Å². The topological polar surface area (TPSA) is 89.4 Å². The predicted molar refractivity (Wildman–Crippen MR) is 51.8 cm³/mol. The van der Waals surface area contributed by atoms with Crippen LogP contribution < -0.4 is 5.73 Å². The number of aliphatic hydroxyl groups is 1. The van der Waals surface area contributed by atoms with Crippen LogP contribution in [0.3, 0.4) is 0 Å². The van der Waals surface area contributed by atoms with E-state index < -0.39 is 11.0 Å². The molecular weight excluding hydrogens is 184 g/mol. The first-order valence-corrected chi connectivity index (χ1v) is 4.19. The van der Waals surface area contributed by atoms with Crippen LogP contribution >= 0.6 is 0 Å². The van der Waals surface area contributed by atoms with E-state index in [0.29, 0.717) is 5.56 Å². The summed E-state index contributed by atoms with van der Waals surface area (Å²) in [6, 6.07) is 4.36. The van der Waals surface area contributed by atoms with Gasteiger partial charge < -0.3 is 10.8 Å². The summed E-state index contributed by atoms with van der Waals surface area (Å²) < 4.78 is 0. The Labute approximate surface area is 81.3 Å². The molecule has 1 rings (SSSR count). The van der Waals surface area contributed by atoms with Crippen molar-refractivity contribution in [2.24, 2.45) is 5.73 Å². The van der Waals surface area contributed by atoms with E-state index in [1.165, 1.54) is 12.1 Å². The van der Waals surface area contributed by atoms with Crippen LogP contribution in [0.1, 0.15) is 17.2 Å². The standard InChI is InChI=1S/C9H12N2O3/c1-6-2-3-7(11(13)14)4-8(6)9(12)5-10/h2-4,9,12H,5,10H2,1H3/t9-/m0/s1. The molecule has 0 saturated carbocycles.